The molecule has 0 N–H and O–H groups in total. The van der Waals surface area contributed by atoms with Crippen molar-refractivity contribution in [1.82, 2.24) is 4.90 Å². The molecule has 0 spiro atoms. The minimum Gasteiger partial charge on any atom is -0.342 e. The number of rotatable bonds is 5. The maximum Gasteiger partial charge on any atom is 0.261 e. The molecule has 0 unspecified atom stereocenters. The number of hydrogen-bond donors (Lipinski definition) is 0. The van der Waals surface area contributed by atoms with Gasteiger partial charge in [0.2, 0.25) is 0 Å². The smallest absolute Gasteiger partial charge is 0.261 e. The molecule has 0 aromatic heterocycles. The zero-order valence-electron chi connectivity index (χ0n) is 11.3. The number of carbonyl (C=O) groups is 1. The third kappa shape index (κ3) is 3.94. The Bertz CT molecular complexity index is 569. The first kappa shape index (κ1) is 16.0. The van der Waals surface area contributed by atoms with Crippen molar-refractivity contribution in [3.63, 3.8) is 0 Å². The first-order valence-electron chi connectivity index (χ1n) is 6.14. The molecule has 1 amide bonds. The summed E-state index contributed by atoms with van der Waals surface area (Å²) in [6.45, 7) is 4.52. The molecule has 0 aliphatic rings. The highest BCUT2D eigenvalue weighted by molar-refractivity contribution is 8.13. The molecule has 0 aliphatic heterocycles. The average Bonchev–Trinajstić information content (AvgIpc) is 2.36. The molecule has 0 saturated carbocycles. The molecule has 1 aromatic rings. The topological polar surface area (TPSA) is 54.5 Å². The standard InChI is InChI=1S/C13H18ClNO3S/c1-4-8-15(3)13(16)12-9-11(19(14,17)18)7-6-10(12)5-2/h6-7,9H,4-5,8H2,1-3H3. The lowest BCUT2D eigenvalue weighted by Crippen LogP contribution is -2.28. The van der Waals surface area contributed by atoms with Crippen molar-refractivity contribution in [1.29, 1.82) is 0 Å². The fraction of sp³-hybridized carbons (Fsp3) is 0.462. The van der Waals surface area contributed by atoms with E-state index in [0.717, 1.165) is 12.0 Å². The average molecular weight is 304 g/mol. The maximum atomic E-state index is 12.3. The SMILES string of the molecule is CCCN(C)C(=O)c1cc(S(=O)(=O)Cl)ccc1CC. The van der Waals surface area contributed by atoms with Gasteiger partial charge in [-0.1, -0.05) is 19.9 Å². The Morgan fingerprint density at radius 3 is 2.42 bits per heavy atom. The second kappa shape index (κ2) is 6.39. The Morgan fingerprint density at radius 1 is 1.32 bits per heavy atom. The molecule has 1 aromatic carbocycles. The van der Waals surface area contributed by atoms with Crippen LogP contribution in [-0.2, 0) is 15.5 Å². The predicted octanol–water partition coefficient (Wildman–Crippen LogP) is 2.66. The molecule has 0 atom stereocenters. The van der Waals surface area contributed by atoms with Gasteiger partial charge < -0.3 is 4.90 Å². The van der Waals surface area contributed by atoms with Gasteiger partial charge in [-0.2, -0.15) is 0 Å². The molecule has 0 saturated heterocycles. The summed E-state index contributed by atoms with van der Waals surface area (Å²) in [5.41, 5.74) is 1.22. The Hall–Kier alpha value is -1.07. The molecule has 0 fully saturated rings. The van der Waals surface area contributed by atoms with Crippen LogP contribution in [0.25, 0.3) is 0 Å². The van der Waals surface area contributed by atoms with Crippen LogP contribution in [0.3, 0.4) is 0 Å². The molecule has 4 nitrogen and oxygen atoms in total. The van der Waals surface area contributed by atoms with Crippen molar-refractivity contribution in [2.75, 3.05) is 13.6 Å². The lowest BCUT2D eigenvalue weighted by molar-refractivity contribution is 0.0794. The van der Waals surface area contributed by atoms with E-state index in [4.69, 9.17) is 10.7 Å². The number of halogens is 1. The van der Waals surface area contributed by atoms with Crippen molar-refractivity contribution in [3.05, 3.63) is 29.3 Å². The summed E-state index contributed by atoms with van der Waals surface area (Å²) in [6, 6.07) is 4.43. The van der Waals surface area contributed by atoms with Gasteiger partial charge in [-0.3, -0.25) is 4.79 Å². The van der Waals surface area contributed by atoms with Crippen LogP contribution in [0.15, 0.2) is 23.1 Å². The highest BCUT2D eigenvalue weighted by atomic mass is 35.7. The summed E-state index contributed by atoms with van der Waals surface area (Å²) in [5, 5.41) is 0. The minimum absolute atomic E-state index is 0.0420. The molecular formula is C13H18ClNO3S. The van der Waals surface area contributed by atoms with Crippen LogP contribution in [0, 0.1) is 0 Å². The van der Waals surface area contributed by atoms with Gasteiger partial charge in [0.15, 0.2) is 0 Å². The highest BCUT2D eigenvalue weighted by Crippen LogP contribution is 2.21. The van der Waals surface area contributed by atoms with Gasteiger partial charge >= 0.3 is 0 Å². The Balaban J connectivity index is 3.27. The van der Waals surface area contributed by atoms with E-state index in [2.05, 4.69) is 0 Å². The van der Waals surface area contributed by atoms with Crippen LogP contribution in [0.5, 0.6) is 0 Å². The van der Waals surface area contributed by atoms with E-state index < -0.39 is 9.05 Å². The summed E-state index contributed by atoms with van der Waals surface area (Å²) in [7, 11) is 3.20. The van der Waals surface area contributed by atoms with Crippen LogP contribution in [0.1, 0.15) is 36.2 Å². The number of aryl methyl sites for hydroxylation is 1. The molecule has 0 bridgehead atoms. The monoisotopic (exact) mass is 303 g/mol. The van der Waals surface area contributed by atoms with Gasteiger partial charge in [-0.05, 0) is 30.5 Å². The zero-order valence-corrected chi connectivity index (χ0v) is 12.9. The van der Waals surface area contributed by atoms with Crippen molar-refractivity contribution in [2.24, 2.45) is 0 Å². The van der Waals surface area contributed by atoms with Crippen molar-refractivity contribution < 1.29 is 13.2 Å². The summed E-state index contributed by atoms with van der Waals surface area (Å²) < 4.78 is 22.7. The van der Waals surface area contributed by atoms with E-state index in [-0.39, 0.29) is 10.8 Å². The number of amides is 1. The summed E-state index contributed by atoms with van der Waals surface area (Å²) >= 11 is 0. The lowest BCUT2D eigenvalue weighted by atomic mass is 10.0. The first-order valence-corrected chi connectivity index (χ1v) is 8.45. The normalized spacial score (nSPS) is 11.4. The van der Waals surface area contributed by atoms with Crippen molar-refractivity contribution in [3.8, 4) is 0 Å². The van der Waals surface area contributed by atoms with Gasteiger partial charge in [-0.25, -0.2) is 8.42 Å². The van der Waals surface area contributed by atoms with Gasteiger partial charge in [0.05, 0.1) is 4.90 Å². The molecule has 0 heterocycles. The highest BCUT2D eigenvalue weighted by Gasteiger charge is 2.18. The number of hydrogen-bond acceptors (Lipinski definition) is 3. The van der Waals surface area contributed by atoms with Gasteiger partial charge in [0, 0.05) is 29.8 Å². The molecule has 0 aliphatic carbocycles. The van der Waals surface area contributed by atoms with E-state index in [9.17, 15) is 13.2 Å². The number of carbonyl (C=O) groups excluding carboxylic acids is 1. The fourth-order valence-electron chi connectivity index (χ4n) is 1.86. The van der Waals surface area contributed by atoms with Crippen LogP contribution >= 0.6 is 10.7 Å². The van der Waals surface area contributed by atoms with E-state index in [1.807, 2.05) is 13.8 Å². The van der Waals surface area contributed by atoms with Crippen LogP contribution in [0.4, 0.5) is 0 Å². The Kier molecular flexibility index (Phi) is 5.38. The number of nitrogens with zero attached hydrogens (tertiary/aromatic N) is 1. The Labute approximate surface area is 118 Å². The van der Waals surface area contributed by atoms with E-state index in [0.29, 0.717) is 18.5 Å². The van der Waals surface area contributed by atoms with E-state index >= 15 is 0 Å². The molecule has 106 valence electrons. The lowest BCUT2D eigenvalue weighted by Gasteiger charge is -2.18. The quantitative estimate of drug-likeness (QED) is 0.786. The third-order valence-corrected chi connectivity index (χ3v) is 4.23. The van der Waals surface area contributed by atoms with Crippen molar-refractivity contribution >= 4 is 25.6 Å². The largest absolute Gasteiger partial charge is 0.342 e. The van der Waals surface area contributed by atoms with E-state index in [1.54, 1.807) is 18.0 Å². The molecule has 19 heavy (non-hydrogen) atoms. The number of benzene rings is 1. The molecule has 0 radical (unpaired) electrons. The summed E-state index contributed by atoms with van der Waals surface area (Å²) in [4.78, 5) is 13.8. The Morgan fingerprint density at radius 2 is 1.95 bits per heavy atom. The van der Waals surface area contributed by atoms with Gasteiger partial charge in [0.1, 0.15) is 0 Å². The van der Waals surface area contributed by atoms with Crippen LogP contribution in [0.2, 0.25) is 0 Å². The summed E-state index contributed by atoms with van der Waals surface area (Å²) in [6.07, 6.45) is 1.50. The minimum atomic E-state index is -3.82. The first-order chi connectivity index (χ1) is 8.81. The summed E-state index contributed by atoms with van der Waals surface area (Å²) in [5.74, 6) is -0.180. The van der Waals surface area contributed by atoms with Gasteiger partial charge in [-0.15, -0.1) is 0 Å². The third-order valence-electron chi connectivity index (χ3n) is 2.88. The van der Waals surface area contributed by atoms with Crippen LogP contribution < -0.4 is 0 Å². The fourth-order valence-corrected chi connectivity index (χ4v) is 2.63. The second-order valence-electron chi connectivity index (χ2n) is 4.34. The van der Waals surface area contributed by atoms with E-state index in [1.165, 1.54) is 12.1 Å². The van der Waals surface area contributed by atoms with Crippen molar-refractivity contribution in [2.45, 2.75) is 31.6 Å². The zero-order chi connectivity index (χ0) is 14.6. The molecular weight excluding hydrogens is 286 g/mol. The second-order valence-corrected chi connectivity index (χ2v) is 6.90. The van der Waals surface area contributed by atoms with Crippen LogP contribution in [-0.4, -0.2) is 32.8 Å². The van der Waals surface area contributed by atoms with Gasteiger partial charge in [0.25, 0.3) is 15.0 Å². The molecule has 6 heteroatoms. The molecule has 1 rings (SSSR count). The predicted molar refractivity (Wildman–Crippen MR) is 76.1 cm³/mol. The maximum absolute atomic E-state index is 12.3.